The first-order chi connectivity index (χ1) is 2.43. The number of halogens is 1. The van der Waals surface area contributed by atoms with Crippen molar-refractivity contribution < 1.29 is 19.5 Å². The second kappa shape index (κ2) is 3.15. The Hall–Kier alpha value is 1.10. The summed E-state index contributed by atoms with van der Waals surface area (Å²) in [6, 6.07) is 0. The molecule has 32 valence electrons. The van der Waals surface area contributed by atoms with Gasteiger partial charge < -0.3 is 0 Å². The molecule has 0 aliphatic heterocycles. The largest absolute Gasteiger partial charge is 0.0925 e. The van der Waals surface area contributed by atoms with E-state index < -0.39 is 0 Å². The Labute approximate surface area is 59.6 Å². The predicted molar refractivity (Wildman–Crippen MR) is 26.5 cm³/mol. The first-order valence-electron chi connectivity index (χ1n) is 1.99. The van der Waals surface area contributed by atoms with Crippen molar-refractivity contribution >= 4 is 15.9 Å². The maximum Gasteiger partial charge on any atom is 0.00596 e. The third kappa shape index (κ3) is 2.31. The van der Waals surface area contributed by atoms with Crippen LogP contribution in [0.4, 0.5) is 0 Å². The van der Waals surface area contributed by atoms with Gasteiger partial charge in [-0.3, -0.25) is 0 Å². The molecular weight excluding hydrogens is 193 g/mol. The summed E-state index contributed by atoms with van der Waals surface area (Å²) in [7, 11) is 0. The van der Waals surface area contributed by atoms with Crippen LogP contribution in [-0.4, -0.2) is 5.33 Å². The van der Waals surface area contributed by atoms with Crippen LogP contribution in [0.5, 0.6) is 0 Å². The molecule has 1 aliphatic rings. The number of alkyl halides is 1. The van der Waals surface area contributed by atoms with Gasteiger partial charge in [0.15, 0.2) is 0 Å². The third-order valence-corrected chi connectivity index (χ3v) is 1.83. The van der Waals surface area contributed by atoms with Gasteiger partial charge in [0.25, 0.3) is 0 Å². The van der Waals surface area contributed by atoms with E-state index in [-0.39, 0.29) is 19.5 Å². The molecule has 1 rings (SSSR count). The monoisotopic (exact) mass is 198 g/mol. The van der Waals surface area contributed by atoms with E-state index in [0.29, 0.717) is 0 Å². The summed E-state index contributed by atoms with van der Waals surface area (Å²) in [6.45, 7) is 0. The fourth-order valence-corrected chi connectivity index (χ4v) is 0.920. The Morgan fingerprint density at radius 3 is 2.00 bits per heavy atom. The second-order valence-corrected chi connectivity index (χ2v) is 2.25. The Balaban J connectivity index is 0.000000250. The maximum absolute atomic E-state index is 3.38. The zero-order valence-electron chi connectivity index (χ0n) is 3.78. The summed E-state index contributed by atoms with van der Waals surface area (Å²) in [5.74, 6) is 1.05. The van der Waals surface area contributed by atoms with Crippen molar-refractivity contribution in [2.45, 2.75) is 12.8 Å². The average Bonchev–Trinajstić information content (AvgIpc) is 2.12. The molecule has 0 bridgehead atoms. The van der Waals surface area contributed by atoms with Crippen LogP contribution in [0, 0.1) is 5.92 Å². The Bertz CT molecular complexity index is 34.5. The molecule has 0 saturated heterocycles. The molecule has 0 aromatic heterocycles. The zero-order chi connectivity index (χ0) is 3.70. The van der Waals surface area contributed by atoms with Gasteiger partial charge in [-0.05, 0) is 18.8 Å². The fourth-order valence-electron chi connectivity index (χ4n) is 0.272. The van der Waals surface area contributed by atoms with Gasteiger partial charge in [0.1, 0.15) is 0 Å². The Morgan fingerprint density at radius 1 is 1.50 bits per heavy atom. The molecule has 0 nitrogen and oxygen atoms in total. The van der Waals surface area contributed by atoms with Gasteiger partial charge in [-0.25, -0.2) is 0 Å². The molecule has 0 N–H and O–H groups in total. The van der Waals surface area contributed by atoms with E-state index in [2.05, 4.69) is 15.9 Å². The molecule has 0 unspecified atom stereocenters. The van der Waals surface area contributed by atoms with Crippen molar-refractivity contribution in [3.8, 4) is 0 Å². The van der Waals surface area contributed by atoms with E-state index in [9.17, 15) is 0 Å². The van der Waals surface area contributed by atoms with Gasteiger partial charge in [0.2, 0.25) is 0 Å². The van der Waals surface area contributed by atoms with E-state index in [1.807, 2.05) is 0 Å². The van der Waals surface area contributed by atoms with Crippen LogP contribution >= 0.6 is 15.9 Å². The van der Waals surface area contributed by atoms with E-state index in [1.54, 1.807) is 0 Å². The normalized spacial score (nSPS) is 19.5. The second-order valence-electron chi connectivity index (χ2n) is 1.60. The molecule has 1 aliphatic carbocycles. The Morgan fingerprint density at radius 2 is 2.00 bits per heavy atom. The number of hydrogen-bond acceptors (Lipinski definition) is 0. The quantitative estimate of drug-likeness (QED) is 0.447. The van der Waals surface area contributed by atoms with E-state index >= 15 is 0 Å². The summed E-state index contributed by atoms with van der Waals surface area (Å²) in [5, 5.41) is 1.23. The van der Waals surface area contributed by atoms with E-state index in [4.69, 9.17) is 0 Å². The van der Waals surface area contributed by atoms with Crippen LogP contribution < -0.4 is 0 Å². The summed E-state index contributed by atoms with van der Waals surface area (Å²) in [6.07, 6.45) is 2.93. The zero-order valence-corrected chi connectivity index (χ0v) is 8.34. The van der Waals surface area contributed by atoms with Gasteiger partial charge in [-0.15, -0.1) is 0 Å². The maximum atomic E-state index is 3.38. The molecule has 0 heterocycles. The number of rotatable bonds is 1. The molecule has 2 heteroatoms. The molecule has 6 heavy (non-hydrogen) atoms. The summed E-state index contributed by atoms with van der Waals surface area (Å²) in [4.78, 5) is 0. The topological polar surface area (TPSA) is 0 Å². The summed E-state index contributed by atoms with van der Waals surface area (Å²) in [5.41, 5.74) is 0. The van der Waals surface area contributed by atoms with Crippen molar-refractivity contribution in [3.63, 3.8) is 0 Å². The molecule has 1 fully saturated rings. The first kappa shape index (κ1) is 7.10. The van der Waals surface area contributed by atoms with Gasteiger partial charge in [0, 0.05) is 24.8 Å². The van der Waals surface area contributed by atoms with Gasteiger partial charge >= 0.3 is 0 Å². The minimum Gasteiger partial charge on any atom is -0.0925 e. The molecule has 0 aromatic rings. The van der Waals surface area contributed by atoms with Crippen LogP contribution in [0.3, 0.4) is 0 Å². The van der Waals surface area contributed by atoms with Crippen molar-refractivity contribution in [2.24, 2.45) is 5.92 Å². The van der Waals surface area contributed by atoms with Crippen molar-refractivity contribution in [3.05, 3.63) is 0 Å². The minimum atomic E-state index is 0. The third-order valence-electron chi connectivity index (χ3n) is 0.915. The molecule has 1 saturated carbocycles. The first-order valence-corrected chi connectivity index (χ1v) is 3.11. The summed E-state index contributed by atoms with van der Waals surface area (Å²) >= 11 is 3.38. The molecule has 0 amide bonds. The Kier molecular flexibility index (Phi) is 3.73. The average molecular weight is 200 g/mol. The van der Waals surface area contributed by atoms with Crippen LogP contribution in [0.2, 0.25) is 0 Å². The van der Waals surface area contributed by atoms with Crippen LogP contribution in [0.15, 0.2) is 0 Å². The molecule has 0 radical (unpaired) electrons. The predicted octanol–water partition coefficient (Wildman–Crippen LogP) is 1.79. The van der Waals surface area contributed by atoms with Gasteiger partial charge in [-0.1, -0.05) is 15.9 Å². The van der Waals surface area contributed by atoms with Crippen molar-refractivity contribution in [1.82, 2.24) is 0 Å². The SMILES string of the molecule is BrCC1CC1.[Zn]. The van der Waals surface area contributed by atoms with Crippen LogP contribution in [0.1, 0.15) is 12.8 Å². The standard InChI is InChI=1S/C4H7Br.Zn/c5-3-4-1-2-4;/h4H,1-3H2;. The smallest absolute Gasteiger partial charge is 0.00596 e. The van der Waals surface area contributed by atoms with E-state index in [1.165, 1.54) is 18.2 Å². The summed E-state index contributed by atoms with van der Waals surface area (Å²) < 4.78 is 0. The molecular formula is C4H7BrZn. The molecule has 0 spiro atoms. The van der Waals surface area contributed by atoms with E-state index in [0.717, 1.165) is 5.92 Å². The fraction of sp³-hybridized carbons (Fsp3) is 1.00. The van der Waals surface area contributed by atoms with Gasteiger partial charge in [-0.2, -0.15) is 0 Å². The van der Waals surface area contributed by atoms with Crippen molar-refractivity contribution in [1.29, 1.82) is 0 Å². The van der Waals surface area contributed by atoms with Crippen LogP contribution in [0.25, 0.3) is 0 Å². The minimum absolute atomic E-state index is 0. The molecule has 0 atom stereocenters. The van der Waals surface area contributed by atoms with Crippen LogP contribution in [-0.2, 0) is 19.5 Å². The molecule has 0 aromatic carbocycles. The van der Waals surface area contributed by atoms with Crippen molar-refractivity contribution in [2.75, 3.05) is 5.33 Å². The van der Waals surface area contributed by atoms with Gasteiger partial charge in [0.05, 0.1) is 0 Å². The number of hydrogen-bond donors (Lipinski definition) is 0.